The minimum Gasteiger partial charge on any atom is -0.395 e. The van der Waals surface area contributed by atoms with Gasteiger partial charge in [-0.15, -0.1) is 0 Å². The molecular weight excluding hydrogens is 258 g/mol. The van der Waals surface area contributed by atoms with E-state index in [1.807, 2.05) is 6.07 Å². The van der Waals surface area contributed by atoms with Gasteiger partial charge in [0.1, 0.15) is 0 Å². The molecule has 0 fully saturated rings. The van der Waals surface area contributed by atoms with E-state index in [0.717, 1.165) is 13.1 Å². The zero-order valence-electron chi connectivity index (χ0n) is 13.0. The Morgan fingerprint density at radius 2 is 1.57 bits per heavy atom. The van der Waals surface area contributed by atoms with Crippen molar-refractivity contribution in [1.29, 1.82) is 0 Å². The molecule has 2 nitrogen and oxygen atoms in total. The van der Waals surface area contributed by atoms with Gasteiger partial charge in [-0.2, -0.15) is 0 Å². The zero-order valence-corrected chi connectivity index (χ0v) is 13.0. The third-order valence-electron chi connectivity index (χ3n) is 3.74. The second-order valence-corrected chi connectivity index (χ2v) is 5.77. The molecule has 2 aromatic carbocycles. The molecule has 0 saturated carbocycles. The lowest BCUT2D eigenvalue weighted by atomic mass is 9.97. The molecule has 0 heterocycles. The van der Waals surface area contributed by atoms with Gasteiger partial charge in [-0.3, -0.25) is 4.90 Å². The highest BCUT2D eigenvalue weighted by Gasteiger charge is 2.11. The molecule has 2 rings (SSSR count). The molecule has 0 radical (unpaired) electrons. The van der Waals surface area contributed by atoms with Gasteiger partial charge in [0, 0.05) is 19.6 Å². The molecule has 0 aliphatic rings. The molecule has 0 atom stereocenters. The van der Waals surface area contributed by atoms with E-state index in [1.165, 1.54) is 16.7 Å². The van der Waals surface area contributed by atoms with E-state index in [0.29, 0.717) is 12.5 Å². The van der Waals surface area contributed by atoms with Crippen molar-refractivity contribution in [3.05, 3.63) is 71.3 Å². The van der Waals surface area contributed by atoms with Crippen molar-refractivity contribution in [3.63, 3.8) is 0 Å². The fraction of sp³-hybridized carbons (Fsp3) is 0.368. The van der Waals surface area contributed by atoms with Crippen LogP contribution in [-0.4, -0.2) is 23.2 Å². The van der Waals surface area contributed by atoms with Crippen LogP contribution in [0, 0.1) is 0 Å². The van der Waals surface area contributed by atoms with Gasteiger partial charge in [0.15, 0.2) is 0 Å². The van der Waals surface area contributed by atoms with Gasteiger partial charge in [-0.25, -0.2) is 0 Å². The Labute approximate surface area is 128 Å². The van der Waals surface area contributed by atoms with Crippen molar-refractivity contribution in [2.24, 2.45) is 0 Å². The Balaban J connectivity index is 2.13. The van der Waals surface area contributed by atoms with E-state index in [2.05, 4.69) is 67.3 Å². The number of hydrogen-bond donors (Lipinski definition) is 1. The lowest BCUT2D eigenvalue weighted by molar-refractivity contribution is 0.184. The molecule has 0 bridgehead atoms. The van der Waals surface area contributed by atoms with Crippen molar-refractivity contribution in [2.75, 3.05) is 13.2 Å². The molecule has 0 aliphatic heterocycles. The summed E-state index contributed by atoms with van der Waals surface area (Å²) >= 11 is 0. The van der Waals surface area contributed by atoms with E-state index >= 15 is 0 Å². The Bertz CT molecular complexity index is 536. The number of aliphatic hydroxyl groups is 1. The summed E-state index contributed by atoms with van der Waals surface area (Å²) in [6.07, 6.45) is 0. The van der Waals surface area contributed by atoms with Crippen molar-refractivity contribution in [3.8, 4) is 0 Å². The molecular formula is C19H25NO. The summed E-state index contributed by atoms with van der Waals surface area (Å²) in [5.41, 5.74) is 4.04. The number of benzene rings is 2. The number of nitrogens with zero attached hydrogens (tertiary/aromatic N) is 1. The van der Waals surface area contributed by atoms with Gasteiger partial charge in [0.05, 0.1) is 6.61 Å². The largest absolute Gasteiger partial charge is 0.395 e. The molecule has 2 heteroatoms. The molecule has 1 N–H and O–H groups in total. The maximum absolute atomic E-state index is 9.33. The van der Waals surface area contributed by atoms with Crippen LogP contribution in [0.2, 0.25) is 0 Å². The summed E-state index contributed by atoms with van der Waals surface area (Å²) < 4.78 is 0. The maximum atomic E-state index is 9.33. The topological polar surface area (TPSA) is 23.5 Å². The summed E-state index contributed by atoms with van der Waals surface area (Å²) in [4.78, 5) is 2.30. The third-order valence-corrected chi connectivity index (χ3v) is 3.74. The second-order valence-electron chi connectivity index (χ2n) is 5.77. The van der Waals surface area contributed by atoms with Gasteiger partial charge in [-0.1, -0.05) is 68.4 Å². The highest BCUT2D eigenvalue weighted by Crippen LogP contribution is 2.21. The first-order chi connectivity index (χ1) is 10.2. The SMILES string of the molecule is CC(C)c1ccccc1CN(CCO)Cc1ccccc1. The van der Waals surface area contributed by atoms with Crippen LogP contribution >= 0.6 is 0 Å². The van der Waals surface area contributed by atoms with Crippen molar-refractivity contribution >= 4 is 0 Å². The van der Waals surface area contributed by atoms with Crippen LogP contribution in [0.3, 0.4) is 0 Å². The number of rotatable bonds is 7. The summed E-state index contributed by atoms with van der Waals surface area (Å²) in [7, 11) is 0. The Morgan fingerprint density at radius 1 is 0.905 bits per heavy atom. The minimum absolute atomic E-state index is 0.191. The predicted molar refractivity (Wildman–Crippen MR) is 88.2 cm³/mol. The first kappa shape index (κ1) is 15.7. The average Bonchev–Trinajstić information content (AvgIpc) is 2.49. The lowest BCUT2D eigenvalue weighted by Gasteiger charge is -2.24. The highest BCUT2D eigenvalue weighted by atomic mass is 16.3. The van der Waals surface area contributed by atoms with Gasteiger partial charge >= 0.3 is 0 Å². The Hall–Kier alpha value is -1.64. The first-order valence-corrected chi connectivity index (χ1v) is 7.65. The molecule has 0 aliphatic carbocycles. The fourth-order valence-electron chi connectivity index (χ4n) is 2.68. The normalized spacial score (nSPS) is 11.3. The summed E-state index contributed by atoms with van der Waals surface area (Å²) in [5.74, 6) is 0.522. The molecule has 0 unspecified atom stereocenters. The number of hydrogen-bond acceptors (Lipinski definition) is 2. The van der Waals surface area contributed by atoms with Crippen LogP contribution in [0.5, 0.6) is 0 Å². The van der Waals surface area contributed by atoms with Gasteiger partial charge < -0.3 is 5.11 Å². The summed E-state index contributed by atoms with van der Waals surface area (Å²) in [5, 5.41) is 9.33. The molecule has 0 aromatic heterocycles. The summed E-state index contributed by atoms with van der Waals surface area (Å²) in [6, 6.07) is 19.0. The van der Waals surface area contributed by atoms with Crippen LogP contribution < -0.4 is 0 Å². The molecule has 0 amide bonds. The van der Waals surface area contributed by atoms with E-state index in [1.54, 1.807) is 0 Å². The van der Waals surface area contributed by atoms with Gasteiger partial charge in [-0.05, 0) is 22.6 Å². The van der Waals surface area contributed by atoms with Crippen LogP contribution in [0.15, 0.2) is 54.6 Å². The molecule has 2 aromatic rings. The zero-order chi connectivity index (χ0) is 15.1. The van der Waals surface area contributed by atoms with E-state index in [-0.39, 0.29) is 6.61 Å². The molecule has 21 heavy (non-hydrogen) atoms. The highest BCUT2D eigenvalue weighted by molar-refractivity contribution is 5.29. The van der Waals surface area contributed by atoms with E-state index in [4.69, 9.17) is 0 Å². The fourth-order valence-corrected chi connectivity index (χ4v) is 2.68. The van der Waals surface area contributed by atoms with Crippen LogP contribution in [-0.2, 0) is 13.1 Å². The first-order valence-electron chi connectivity index (χ1n) is 7.65. The Morgan fingerprint density at radius 3 is 2.24 bits per heavy atom. The molecule has 0 spiro atoms. The predicted octanol–water partition coefficient (Wildman–Crippen LogP) is 3.80. The quantitative estimate of drug-likeness (QED) is 0.835. The molecule has 0 saturated heterocycles. The number of aliphatic hydroxyl groups excluding tert-OH is 1. The third kappa shape index (κ3) is 4.69. The second kappa shape index (κ2) is 7.96. The van der Waals surface area contributed by atoms with Crippen molar-refractivity contribution in [2.45, 2.75) is 32.9 Å². The van der Waals surface area contributed by atoms with Crippen molar-refractivity contribution in [1.82, 2.24) is 4.90 Å². The smallest absolute Gasteiger partial charge is 0.0558 e. The summed E-state index contributed by atoms with van der Waals surface area (Å²) in [6.45, 7) is 7.09. The van der Waals surface area contributed by atoms with Gasteiger partial charge in [0.2, 0.25) is 0 Å². The van der Waals surface area contributed by atoms with Crippen LogP contribution in [0.1, 0.15) is 36.5 Å². The monoisotopic (exact) mass is 283 g/mol. The van der Waals surface area contributed by atoms with E-state index < -0.39 is 0 Å². The Kier molecular flexibility index (Phi) is 5.97. The average molecular weight is 283 g/mol. The minimum atomic E-state index is 0.191. The van der Waals surface area contributed by atoms with Crippen molar-refractivity contribution < 1.29 is 5.11 Å². The van der Waals surface area contributed by atoms with Crippen LogP contribution in [0.25, 0.3) is 0 Å². The van der Waals surface area contributed by atoms with E-state index in [9.17, 15) is 5.11 Å². The van der Waals surface area contributed by atoms with Crippen LogP contribution in [0.4, 0.5) is 0 Å². The maximum Gasteiger partial charge on any atom is 0.0558 e. The molecule has 112 valence electrons. The standard InChI is InChI=1S/C19H25NO/c1-16(2)19-11-7-6-10-18(19)15-20(12-13-21)14-17-8-4-3-5-9-17/h3-11,16,21H,12-15H2,1-2H3. The van der Waals surface area contributed by atoms with Gasteiger partial charge in [0.25, 0.3) is 0 Å². The lowest BCUT2D eigenvalue weighted by Crippen LogP contribution is -2.26.